The molecule has 4 N–H and O–H groups in total. The van der Waals surface area contributed by atoms with E-state index in [4.69, 9.17) is 10.3 Å². The van der Waals surface area contributed by atoms with E-state index >= 15 is 0 Å². The number of hydrogen-bond acceptors (Lipinski definition) is 5. The zero-order valence-electron chi connectivity index (χ0n) is 17.6. The molecule has 0 aliphatic rings. The summed E-state index contributed by atoms with van der Waals surface area (Å²) in [5, 5.41) is 8.13. The molecule has 4 rings (SSSR count). The minimum Gasteiger partial charge on any atom is -0.402 e. The molecular weight excluding hydrogens is 501 g/mol. The number of aromatic nitrogens is 1. The summed E-state index contributed by atoms with van der Waals surface area (Å²) in [5.74, 6) is -2.29. The number of nitrogens with zero attached hydrogens (tertiary/aromatic N) is 1. The Morgan fingerprint density at radius 3 is 2.19 bits per heavy atom. The van der Waals surface area contributed by atoms with Gasteiger partial charge in [0, 0.05) is 11.4 Å². The quantitative estimate of drug-likeness (QED) is 0.261. The van der Waals surface area contributed by atoms with Crippen molar-refractivity contribution in [3.8, 4) is 16.9 Å². The SMILES string of the molecule is Nc1noc2c(OC(F)(F)F)ccc(-c3ccc(NC(=O)Nc4ccc(F)c(C(F)(F)F)c4)cc3)c12. The summed E-state index contributed by atoms with van der Waals surface area (Å²) in [5.41, 5.74) is 4.67. The maximum absolute atomic E-state index is 13.4. The molecule has 0 saturated heterocycles. The molecule has 7 nitrogen and oxygen atoms in total. The van der Waals surface area contributed by atoms with Gasteiger partial charge >= 0.3 is 18.6 Å². The van der Waals surface area contributed by atoms with Gasteiger partial charge in [0.05, 0.1) is 10.9 Å². The predicted octanol–water partition coefficient (Wildman–Crippen LogP) is 6.78. The number of ether oxygens (including phenoxy) is 1. The third-order valence-corrected chi connectivity index (χ3v) is 4.82. The van der Waals surface area contributed by atoms with E-state index in [1.54, 1.807) is 0 Å². The van der Waals surface area contributed by atoms with Gasteiger partial charge in [0.1, 0.15) is 5.82 Å². The topological polar surface area (TPSA) is 102 Å². The van der Waals surface area contributed by atoms with Crippen LogP contribution in [0.1, 0.15) is 5.56 Å². The third-order valence-electron chi connectivity index (χ3n) is 4.82. The van der Waals surface area contributed by atoms with Crippen molar-refractivity contribution in [1.82, 2.24) is 5.16 Å². The Labute approximate surface area is 196 Å². The average molecular weight is 514 g/mol. The molecule has 1 aromatic heterocycles. The first-order valence-electron chi connectivity index (χ1n) is 9.80. The number of urea groups is 1. The van der Waals surface area contributed by atoms with Crippen LogP contribution in [-0.4, -0.2) is 17.6 Å². The summed E-state index contributed by atoms with van der Waals surface area (Å²) in [7, 11) is 0. The molecule has 0 bridgehead atoms. The van der Waals surface area contributed by atoms with E-state index in [1.165, 1.54) is 30.3 Å². The predicted molar refractivity (Wildman–Crippen MR) is 115 cm³/mol. The van der Waals surface area contributed by atoms with Crippen molar-refractivity contribution >= 4 is 34.2 Å². The van der Waals surface area contributed by atoms with E-state index in [0.29, 0.717) is 23.3 Å². The van der Waals surface area contributed by atoms with E-state index in [9.17, 15) is 35.5 Å². The Hall–Kier alpha value is -4.49. The Bertz CT molecular complexity index is 1430. The number of rotatable bonds is 4. The number of benzene rings is 3. The van der Waals surface area contributed by atoms with Gasteiger partial charge in [-0.25, -0.2) is 9.18 Å². The smallest absolute Gasteiger partial charge is 0.402 e. The van der Waals surface area contributed by atoms with Gasteiger partial charge in [-0.2, -0.15) is 13.2 Å². The van der Waals surface area contributed by atoms with E-state index in [1.807, 2.05) is 0 Å². The van der Waals surface area contributed by atoms with Crippen molar-refractivity contribution in [2.24, 2.45) is 0 Å². The fraction of sp³-hybridized carbons (Fsp3) is 0.0909. The largest absolute Gasteiger partial charge is 0.573 e. The van der Waals surface area contributed by atoms with E-state index in [0.717, 1.165) is 12.1 Å². The number of amides is 2. The van der Waals surface area contributed by atoms with Crippen LogP contribution in [0.2, 0.25) is 0 Å². The molecule has 1 heterocycles. The highest BCUT2D eigenvalue weighted by Crippen LogP contribution is 2.40. The number of halogens is 7. The summed E-state index contributed by atoms with van der Waals surface area (Å²) in [6.07, 6.45) is -9.91. The molecule has 14 heteroatoms. The van der Waals surface area contributed by atoms with Crippen LogP contribution in [0.3, 0.4) is 0 Å². The van der Waals surface area contributed by atoms with Gasteiger partial charge in [-0.15, -0.1) is 13.2 Å². The standard InChI is InChI=1S/C22H13F7N4O3/c23-15-7-5-12(9-14(15)21(24,25)26)32-20(34)31-11-3-1-10(2-4-11)13-6-8-16(35-22(27,28)29)18-17(13)19(30)33-36-18/h1-9H,(H2,30,33)(H2,31,32,34). The first-order chi connectivity index (χ1) is 16.8. The van der Waals surface area contributed by atoms with Crippen molar-refractivity contribution in [3.63, 3.8) is 0 Å². The highest BCUT2D eigenvalue weighted by Gasteiger charge is 2.35. The lowest BCUT2D eigenvalue weighted by Gasteiger charge is -2.12. The Morgan fingerprint density at radius 2 is 1.56 bits per heavy atom. The molecule has 0 fully saturated rings. The summed E-state index contributed by atoms with van der Waals surface area (Å²) in [6.45, 7) is 0. The molecule has 3 aromatic carbocycles. The van der Waals surface area contributed by atoms with Crippen LogP contribution in [0, 0.1) is 5.82 Å². The molecule has 188 valence electrons. The van der Waals surface area contributed by atoms with Gasteiger partial charge in [0.15, 0.2) is 11.6 Å². The van der Waals surface area contributed by atoms with Crippen LogP contribution in [0.4, 0.5) is 52.7 Å². The van der Waals surface area contributed by atoms with Crippen molar-refractivity contribution in [1.29, 1.82) is 0 Å². The minimum atomic E-state index is -4.97. The molecule has 0 saturated carbocycles. The van der Waals surface area contributed by atoms with E-state index in [-0.39, 0.29) is 28.2 Å². The number of fused-ring (bicyclic) bond motifs is 1. The van der Waals surface area contributed by atoms with Crippen LogP contribution in [-0.2, 0) is 6.18 Å². The fourth-order valence-corrected chi connectivity index (χ4v) is 3.34. The zero-order chi connectivity index (χ0) is 26.3. The van der Waals surface area contributed by atoms with Crippen molar-refractivity contribution in [2.75, 3.05) is 16.4 Å². The van der Waals surface area contributed by atoms with Crippen molar-refractivity contribution in [2.45, 2.75) is 12.5 Å². The number of carbonyl (C=O) groups is 1. The Morgan fingerprint density at radius 1 is 0.917 bits per heavy atom. The summed E-state index contributed by atoms with van der Waals surface area (Å²) < 4.78 is 98.7. The van der Waals surface area contributed by atoms with Crippen molar-refractivity contribution in [3.05, 3.63) is 66.0 Å². The number of nitrogens with one attached hydrogen (secondary N) is 2. The average Bonchev–Trinajstić information content (AvgIpc) is 3.16. The Kier molecular flexibility index (Phi) is 6.12. The van der Waals surface area contributed by atoms with E-state index in [2.05, 4.69) is 20.5 Å². The summed E-state index contributed by atoms with van der Waals surface area (Å²) in [4.78, 5) is 12.2. The zero-order valence-corrected chi connectivity index (χ0v) is 17.6. The number of nitrogen functional groups attached to an aromatic ring is 1. The van der Waals surface area contributed by atoms with Gasteiger partial charge in [0.2, 0.25) is 5.58 Å². The minimum absolute atomic E-state index is 0.0759. The highest BCUT2D eigenvalue weighted by atomic mass is 19.4. The van der Waals surface area contributed by atoms with Gasteiger partial charge in [0.25, 0.3) is 0 Å². The molecular formula is C22H13F7N4O3. The fourth-order valence-electron chi connectivity index (χ4n) is 3.34. The normalized spacial score (nSPS) is 12.0. The van der Waals surface area contributed by atoms with Gasteiger partial charge in [-0.3, -0.25) is 0 Å². The van der Waals surface area contributed by atoms with Gasteiger partial charge in [-0.05, 0) is 53.6 Å². The second kappa shape index (κ2) is 8.94. The molecule has 0 radical (unpaired) electrons. The van der Waals surface area contributed by atoms with Gasteiger partial charge in [-0.1, -0.05) is 17.3 Å². The van der Waals surface area contributed by atoms with Gasteiger partial charge < -0.3 is 25.6 Å². The van der Waals surface area contributed by atoms with Crippen LogP contribution in [0.5, 0.6) is 5.75 Å². The first kappa shape index (κ1) is 24.6. The number of alkyl halides is 6. The monoisotopic (exact) mass is 514 g/mol. The number of nitrogens with two attached hydrogens (primary N) is 1. The lowest BCUT2D eigenvalue weighted by atomic mass is 10.0. The summed E-state index contributed by atoms with van der Waals surface area (Å²) >= 11 is 0. The maximum Gasteiger partial charge on any atom is 0.573 e. The molecule has 36 heavy (non-hydrogen) atoms. The van der Waals surface area contributed by atoms with Crippen molar-refractivity contribution < 1.29 is 44.8 Å². The molecule has 0 aliphatic carbocycles. The molecule has 0 spiro atoms. The number of carbonyl (C=O) groups excluding carboxylic acids is 1. The lowest BCUT2D eigenvalue weighted by Crippen LogP contribution is -2.20. The second-order valence-electron chi connectivity index (χ2n) is 7.28. The molecule has 0 unspecified atom stereocenters. The van der Waals surface area contributed by atoms with Crippen LogP contribution in [0.15, 0.2) is 59.1 Å². The van der Waals surface area contributed by atoms with Crippen LogP contribution >= 0.6 is 0 Å². The second-order valence-corrected chi connectivity index (χ2v) is 7.28. The molecule has 0 aliphatic heterocycles. The van der Waals surface area contributed by atoms with Crippen LogP contribution in [0.25, 0.3) is 22.1 Å². The molecule has 2 amide bonds. The Balaban J connectivity index is 1.53. The summed E-state index contributed by atoms with van der Waals surface area (Å²) in [6, 6.07) is 9.31. The van der Waals surface area contributed by atoms with Crippen LogP contribution < -0.4 is 21.1 Å². The first-order valence-corrected chi connectivity index (χ1v) is 9.80. The lowest BCUT2D eigenvalue weighted by molar-refractivity contribution is -0.274. The molecule has 0 atom stereocenters. The molecule has 4 aromatic rings. The van der Waals surface area contributed by atoms with E-state index < -0.39 is 35.7 Å². The third kappa shape index (κ3) is 5.26. The number of hydrogen-bond donors (Lipinski definition) is 3. The number of anilines is 3. The maximum atomic E-state index is 13.4. The highest BCUT2D eigenvalue weighted by molar-refractivity contribution is 6.04.